The van der Waals surface area contributed by atoms with Crippen LogP contribution in [0.25, 0.3) is 5.69 Å². The minimum atomic E-state index is 0.00729. The van der Waals surface area contributed by atoms with Crippen LogP contribution < -0.4 is 4.90 Å². The van der Waals surface area contributed by atoms with Gasteiger partial charge in [0.2, 0.25) is 0 Å². The second-order valence-corrected chi connectivity index (χ2v) is 8.15. The third-order valence-electron chi connectivity index (χ3n) is 6.43. The van der Waals surface area contributed by atoms with Gasteiger partial charge in [0, 0.05) is 25.7 Å². The van der Waals surface area contributed by atoms with E-state index < -0.39 is 0 Å². The molecule has 0 aliphatic carbocycles. The van der Waals surface area contributed by atoms with Crippen molar-refractivity contribution in [3.05, 3.63) is 65.7 Å². The predicted molar refractivity (Wildman–Crippen MR) is 115 cm³/mol. The van der Waals surface area contributed by atoms with E-state index in [1.165, 1.54) is 4.80 Å². The summed E-state index contributed by atoms with van der Waals surface area (Å²) in [4.78, 5) is 23.6. The summed E-state index contributed by atoms with van der Waals surface area (Å²) < 4.78 is 0. The average molecular weight is 413 g/mol. The molecule has 0 bridgehead atoms. The highest BCUT2D eigenvalue weighted by atomic mass is 16.2. The van der Waals surface area contributed by atoms with Crippen LogP contribution >= 0.6 is 0 Å². The summed E-state index contributed by atoms with van der Waals surface area (Å²) in [5.41, 5.74) is 3.84. The van der Waals surface area contributed by atoms with Gasteiger partial charge in [0.05, 0.1) is 35.5 Å². The van der Waals surface area contributed by atoms with Crippen molar-refractivity contribution in [3.8, 4) is 11.8 Å². The monoisotopic (exact) mass is 413 g/mol. The van der Waals surface area contributed by atoms with Crippen molar-refractivity contribution < 1.29 is 4.79 Å². The molecule has 5 rings (SSSR count). The van der Waals surface area contributed by atoms with E-state index in [4.69, 9.17) is 5.26 Å². The number of benzene rings is 1. The molecular weight excluding hydrogens is 390 g/mol. The van der Waals surface area contributed by atoms with E-state index >= 15 is 0 Å². The van der Waals surface area contributed by atoms with Crippen LogP contribution in [-0.4, -0.2) is 56.5 Å². The Morgan fingerprint density at radius 3 is 2.68 bits per heavy atom. The molecule has 1 aromatic carbocycles. The molecule has 31 heavy (non-hydrogen) atoms. The molecule has 2 aliphatic rings. The van der Waals surface area contributed by atoms with Gasteiger partial charge in [-0.2, -0.15) is 20.3 Å². The minimum absolute atomic E-state index is 0.00729. The van der Waals surface area contributed by atoms with Gasteiger partial charge in [-0.25, -0.2) is 4.98 Å². The molecule has 2 fully saturated rings. The zero-order valence-corrected chi connectivity index (χ0v) is 17.3. The standard InChI is InChI=1S/C23H23N7O/c1-16-12-18(13-24)25-14-21(16)29-11-7-17-6-10-28(15-22(17)29)23(31)19-4-2-3-5-20(19)30-26-8-9-27-30/h2-5,8-9,12,14,17,22H,6-7,10-11,15H2,1H3/t17-,22-/m0/s1. The third kappa shape index (κ3) is 3.42. The smallest absolute Gasteiger partial charge is 0.256 e. The number of pyridine rings is 1. The van der Waals surface area contributed by atoms with Crippen LogP contribution in [0.1, 0.15) is 34.5 Å². The number of carbonyl (C=O) groups is 1. The zero-order valence-electron chi connectivity index (χ0n) is 17.3. The summed E-state index contributed by atoms with van der Waals surface area (Å²) in [6.45, 7) is 4.38. The van der Waals surface area contributed by atoms with E-state index in [1.54, 1.807) is 18.6 Å². The Kier molecular flexibility index (Phi) is 4.86. The number of likely N-dealkylation sites (tertiary alicyclic amines) is 1. The summed E-state index contributed by atoms with van der Waals surface area (Å²) in [7, 11) is 0. The van der Waals surface area contributed by atoms with Gasteiger partial charge in [0.15, 0.2) is 0 Å². The van der Waals surface area contributed by atoms with Crippen molar-refractivity contribution in [1.29, 1.82) is 5.26 Å². The lowest BCUT2D eigenvalue weighted by molar-refractivity contribution is 0.0678. The third-order valence-corrected chi connectivity index (χ3v) is 6.43. The highest BCUT2D eigenvalue weighted by Gasteiger charge is 2.40. The minimum Gasteiger partial charge on any atom is -0.365 e. The van der Waals surface area contributed by atoms with Crippen LogP contribution in [0, 0.1) is 24.2 Å². The molecule has 156 valence electrons. The Bertz CT molecular complexity index is 1150. The van der Waals surface area contributed by atoms with Gasteiger partial charge in [-0.15, -0.1) is 0 Å². The second kappa shape index (κ2) is 7.84. The number of carbonyl (C=O) groups excluding carboxylic acids is 1. The first-order valence-corrected chi connectivity index (χ1v) is 10.5. The van der Waals surface area contributed by atoms with Gasteiger partial charge in [0.1, 0.15) is 11.8 Å². The van der Waals surface area contributed by atoms with Crippen molar-refractivity contribution in [2.75, 3.05) is 24.5 Å². The lowest BCUT2D eigenvalue weighted by Crippen LogP contribution is -2.50. The lowest BCUT2D eigenvalue weighted by atomic mass is 9.91. The summed E-state index contributed by atoms with van der Waals surface area (Å²) >= 11 is 0. The molecule has 3 aromatic rings. The summed E-state index contributed by atoms with van der Waals surface area (Å²) in [6.07, 6.45) is 7.11. The first-order chi connectivity index (χ1) is 15.2. The van der Waals surface area contributed by atoms with E-state index in [9.17, 15) is 4.79 Å². The Morgan fingerprint density at radius 1 is 1.13 bits per heavy atom. The number of aromatic nitrogens is 4. The number of piperidine rings is 1. The molecule has 0 saturated carbocycles. The number of aryl methyl sites for hydroxylation is 1. The van der Waals surface area contributed by atoms with E-state index in [-0.39, 0.29) is 11.9 Å². The number of hydrogen-bond acceptors (Lipinski definition) is 6. The largest absolute Gasteiger partial charge is 0.365 e. The quantitative estimate of drug-likeness (QED) is 0.655. The molecule has 8 heteroatoms. The van der Waals surface area contributed by atoms with Crippen molar-refractivity contribution in [2.24, 2.45) is 5.92 Å². The van der Waals surface area contributed by atoms with Gasteiger partial charge in [0.25, 0.3) is 5.91 Å². The Morgan fingerprint density at radius 2 is 1.90 bits per heavy atom. The van der Waals surface area contributed by atoms with Gasteiger partial charge < -0.3 is 9.80 Å². The van der Waals surface area contributed by atoms with Crippen molar-refractivity contribution in [1.82, 2.24) is 24.9 Å². The number of para-hydroxylation sites is 1. The average Bonchev–Trinajstić information content (AvgIpc) is 3.48. The molecule has 2 saturated heterocycles. The zero-order chi connectivity index (χ0) is 21.4. The molecule has 1 amide bonds. The number of amides is 1. The van der Waals surface area contributed by atoms with Gasteiger partial charge in [-0.1, -0.05) is 12.1 Å². The highest BCUT2D eigenvalue weighted by Crippen LogP contribution is 2.36. The number of fused-ring (bicyclic) bond motifs is 1. The van der Waals surface area contributed by atoms with E-state index in [0.717, 1.165) is 37.2 Å². The molecular formula is C23H23N7O. The predicted octanol–water partition coefficient (Wildman–Crippen LogP) is 2.58. The van der Waals surface area contributed by atoms with Crippen molar-refractivity contribution >= 4 is 11.6 Å². The van der Waals surface area contributed by atoms with Crippen LogP contribution in [0.3, 0.4) is 0 Å². The maximum Gasteiger partial charge on any atom is 0.256 e. The maximum absolute atomic E-state index is 13.5. The van der Waals surface area contributed by atoms with Crippen LogP contribution in [0.4, 0.5) is 5.69 Å². The molecule has 0 spiro atoms. The Hall–Kier alpha value is -3.73. The van der Waals surface area contributed by atoms with Crippen molar-refractivity contribution in [2.45, 2.75) is 25.8 Å². The van der Waals surface area contributed by atoms with Gasteiger partial charge >= 0.3 is 0 Å². The number of nitriles is 1. The van der Waals surface area contributed by atoms with Crippen LogP contribution in [0.15, 0.2) is 48.9 Å². The van der Waals surface area contributed by atoms with Gasteiger partial charge in [-0.3, -0.25) is 4.79 Å². The second-order valence-electron chi connectivity index (χ2n) is 8.15. The molecule has 2 aliphatic heterocycles. The Labute approximate surface area is 180 Å². The van der Waals surface area contributed by atoms with Crippen LogP contribution in [-0.2, 0) is 0 Å². The van der Waals surface area contributed by atoms with Crippen molar-refractivity contribution in [3.63, 3.8) is 0 Å². The molecule has 0 radical (unpaired) electrons. The molecule has 0 N–H and O–H groups in total. The molecule has 2 atom stereocenters. The number of nitrogens with zero attached hydrogens (tertiary/aromatic N) is 7. The summed E-state index contributed by atoms with van der Waals surface area (Å²) in [5, 5.41) is 17.5. The summed E-state index contributed by atoms with van der Waals surface area (Å²) in [5.74, 6) is 0.565. The summed E-state index contributed by atoms with van der Waals surface area (Å²) in [6, 6.07) is 11.7. The topological polar surface area (TPSA) is 90.9 Å². The molecule has 2 aromatic heterocycles. The van der Waals surface area contributed by atoms with Crippen LogP contribution in [0.2, 0.25) is 0 Å². The molecule has 4 heterocycles. The van der Waals surface area contributed by atoms with E-state index in [1.807, 2.05) is 42.2 Å². The normalized spacial score (nSPS) is 20.4. The fourth-order valence-electron chi connectivity index (χ4n) is 4.87. The highest BCUT2D eigenvalue weighted by molar-refractivity contribution is 5.97. The fraction of sp³-hybridized carbons (Fsp3) is 0.348. The van der Waals surface area contributed by atoms with Crippen LogP contribution in [0.5, 0.6) is 0 Å². The lowest BCUT2D eigenvalue weighted by Gasteiger charge is -2.39. The Balaban J connectivity index is 1.41. The van der Waals surface area contributed by atoms with Gasteiger partial charge in [-0.05, 0) is 49.4 Å². The number of anilines is 1. The number of rotatable bonds is 3. The molecule has 0 unspecified atom stereocenters. The maximum atomic E-state index is 13.5. The first kappa shape index (κ1) is 19.2. The van der Waals surface area contributed by atoms with E-state index in [2.05, 4.69) is 26.2 Å². The first-order valence-electron chi connectivity index (χ1n) is 10.5. The molecule has 8 nitrogen and oxygen atoms in total. The SMILES string of the molecule is Cc1cc(C#N)ncc1N1CC[C@@H]2CCN(C(=O)c3ccccc3-n3nccn3)C[C@@H]21. The number of hydrogen-bond donors (Lipinski definition) is 0. The van der Waals surface area contributed by atoms with E-state index in [0.29, 0.717) is 29.4 Å². The fourth-order valence-corrected chi connectivity index (χ4v) is 4.87.